The van der Waals surface area contributed by atoms with Crippen molar-refractivity contribution in [2.24, 2.45) is 0 Å². The Bertz CT molecular complexity index is 933. The smallest absolute Gasteiger partial charge is 0.240 e. The SMILES string of the molecule is CN(Cc1cc2n(n1)CCCN(c1ncccn1)C2)Cc1nc(C2CC2)no1. The van der Waals surface area contributed by atoms with Gasteiger partial charge in [-0.1, -0.05) is 5.16 Å². The predicted octanol–water partition coefficient (Wildman–Crippen LogP) is 1.98. The Kier molecular flexibility index (Phi) is 4.52. The molecule has 9 heteroatoms. The Morgan fingerprint density at radius 3 is 2.86 bits per heavy atom. The van der Waals surface area contributed by atoms with Crippen LogP contribution in [0.1, 0.15) is 48.3 Å². The lowest BCUT2D eigenvalue weighted by molar-refractivity contribution is 0.257. The van der Waals surface area contributed by atoms with Crippen molar-refractivity contribution in [1.82, 2.24) is 34.8 Å². The van der Waals surface area contributed by atoms with E-state index in [-0.39, 0.29) is 0 Å². The maximum absolute atomic E-state index is 5.39. The van der Waals surface area contributed by atoms with Gasteiger partial charge >= 0.3 is 0 Å². The molecule has 1 fully saturated rings. The average molecular weight is 380 g/mol. The van der Waals surface area contributed by atoms with Crippen LogP contribution in [0.3, 0.4) is 0 Å². The molecule has 4 heterocycles. The Labute approximate surface area is 163 Å². The molecule has 0 radical (unpaired) electrons. The van der Waals surface area contributed by atoms with Gasteiger partial charge in [-0.05, 0) is 38.4 Å². The maximum Gasteiger partial charge on any atom is 0.240 e. The molecular weight excluding hydrogens is 356 g/mol. The molecule has 2 aliphatic rings. The maximum atomic E-state index is 5.39. The van der Waals surface area contributed by atoms with Gasteiger partial charge in [0.15, 0.2) is 5.82 Å². The van der Waals surface area contributed by atoms with Crippen LogP contribution < -0.4 is 4.90 Å². The number of fused-ring (bicyclic) bond motifs is 1. The highest BCUT2D eigenvalue weighted by atomic mass is 16.5. The van der Waals surface area contributed by atoms with Gasteiger partial charge in [-0.15, -0.1) is 0 Å². The second kappa shape index (κ2) is 7.31. The summed E-state index contributed by atoms with van der Waals surface area (Å²) in [4.78, 5) is 17.7. The summed E-state index contributed by atoms with van der Waals surface area (Å²) >= 11 is 0. The predicted molar refractivity (Wildman–Crippen MR) is 101 cm³/mol. The number of nitrogens with zero attached hydrogens (tertiary/aromatic N) is 8. The van der Waals surface area contributed by atoms with E-state index in [9.17, 15) is 0 Å². The highest BCUT2D eigenvalue weighted by Gasteiger charge is 2.29. The minimum Gasteiger partial charge on any atom is -0.338 e. The third kappa shape index (κ3) is 3.75. The Hall–Kier alpha value is -2.81. The van der Waals surface area contributed by atoms with Crippen LogP contribution in [0.5, 0.6) is 0 Å². The largest absolute Gasteiger partial charge is 0.338 e. The van der Waals surface area contributed by atoms with Crippen LogP contribution in [0, 0.1) is 0 Å². The van der Waals surface area contributed by atoms with Crippen molar-refractivity contribution in [3.8, 4) is 0 Å². The fourth-order valence-corrected chi connectivity index (χ4v) is 3.63. The number of aryl methyl sites for hydroxylation is 1. The first kappa shape index (κ1) is 17.3. The first-order valence-electron chi connectivity index (χ1n) is 9.83. The van der Waals surface area contributed by atoms with Gasteiger partial charge in [0.1, 0.15) is 0 Å². The van der Waals surface area contributed by atoms with E-state index in [1.54, 1.807) is 12.4 Å². The van der Waals surface area contributed by atoms with E-state index in [2.05, 4.69) is 47.7 Å². The molecule has 1 aliphatic carbocycles. The first-order chi connectivity index (χ1) is 13.7. The first-order valence-corrected chi connectivity index (χ1v) is 9.83. The van der Waals surface area contributed by atoms with Crippen molar-refractivity contribution >= 4 is 5.95 Å². The van der Waals surface area contributed by atoms with E-state index in [4.69, 9.17) is 9.62 Å². The molecule has 0 unspecified atom stereocenters. The second-order valence-electron chi connectivity index (χ2n) is 7.67. The van der Waals surface area contributed by atoms with Crippen molar-refractivity contribution < 1.29 is 4.52 Å². The number of hydrogen-bond donors (Lipinski definition) is 0. The zero-order chi connectivity index (χ0) is 18.9. The van der Waals surface area contributed by atoms with Crippen molar-refractivity contribution in [1.29, 1.82) is 0 Å². The quantitative estimate of drug-likeness (QED) is 0.641. The second-order valence-corrected chi connectivity index (χ2v) is 7.67. The molecule has 0 amide bonds. The Balaban J connectivity index is 1.24. The fraction of sp³-hybridized carbons (Fsp3) is 0.526. The monoisotopic (exact) mass is 380 g/mol. The number of aromatic nitrogens is 6. The van der Waals surface area contributed by atoms with Gasteiger partial charge in [-0.25, -0.2) is 9.97 Å². The molecule has 1 saturated carbocycles. The molecule has 146 valence electrons. The highest BCUT2D eigenvalue weighted by Crippen LogP contribution is 2.38. The van der Waals surface area contributed by atoms with Crippen molar-refractivity contribution in [3.05, 3.63) is 47.6 Å². The summed E-state index contributed by atoms with van der Waals surface area (Å²) in [6.07, 6.45) is 6.96. The Morgan fingerprint density at radius 1 is 1.18 bits per heavy atom. The lowest BCUT2D eigenvalue weighted by Gasteiger charge is -2.19. The van der Waals surface area contributed by atoms with Gasteiger partial charge in [0, 0.05) is 37.9 Å². The lowest BCUT2D eigenvalue weighted by Crippen LogP contribution is -2.24. The van der Waals surface area contributed by atoms with Gasteiger partial charge in [0.25, 0.3) is 0 Å². The van der Waals surface area contributed by atoms with Crippen LogP contribution in [0.25, 0.3) is 0 Å². The molecule has 0 spiro atoms. The molecule has 0 N–H and O–H groups in total. The molecule has 0 bridgehead atoms. The number of anilines is 1. The molecular formula is C19H24N8O. The molecule has 0 atom stereocenters. The van der Waals surface area contributed by atoms with Gasteiger partial charge < -0.3 is 9.42 Å². The van der Waals surface area contributed by atoms with E-state index in [0.717, 1.165) is 50.1 Å². The van der Waals surface area contributed by atoms with E-state index in [0.29, 0.717) is 18.4 Å². The summed E-state index contributed by atoms with van der Waals surface area (Å²) < 4.78 is 7.50. The molecule has 1 aliphatic heterocycles. The van der Waals surface area contributed by atoms with E-state index < -0.39 is 0 Å². The fourth-order valence-electron chi connectivity index (χ4n) is 3.63. The summed E-state index contributed by atoms with van der Waals surface area (Å²) in [5.41, 5.74) is 2.25. The van der Waals surface area contributed by atoms with E-state index >= 15 is 0 Å². The van der Waals surface area contributed by atoms with Crippen LogP contribution >= 0.6 is 0 Å². The van der Waals surface area contributed by atoms with Gasteiger partial charge in [-0.2, -0.15) is 10.1 Å². The number of hydrogen-bond acceptors (Lipinski definition) is 8. The summed E-state index contributed by atoms with van der Waals surface area (Å²) in [6, 6.07) is 4.03. The van der Waals surface area contributed by atoms with Gasteiger partial charge in [0.2, 0.25) is 11.8 Å². The summed E-state index contributed by atoms with van der Waals surface area (Å²) in [5.74, 6) is 2.83. The van der Waals surface area contributed by atoms with Crippen molar-refractivity contribution in [3.63, 3.8) is 0 Å². The third-order valence-electron chi connectivity index (χ3n) is 5.16. The van der Waals surface area contributed by atoms with Crippen LogP contribution in [0.2, 0.25) is 0 Å². The normalized spacial score (nSPS) is 17.0. The summed E-state index contributed by atoms with van der Waals surface area (Å²) in [6.45, 7) is 3.99. The van der Waals surface area contributed by atoms with Crippen LogP contribution in [0.15, 0.2) is 29.0 Å². The van der Waals surface area contributed by atoms with Crippen molar-refractivity contribution in [2.45, 2.75) is 51.4 Å². The standard InChI is InChI=1S/C19H24N8O/c1-25(13-17-22-18(24-28-17)14-4-5-14)11-15-10-16-12-26(8-3-9-27(16)23-15)19-20-6-2-7-21-19/h2,6-7,10,14H,3-5,8-9,11-13H2,1H3. The molecule has 5 rings (SSSR count). The summed E-state index contributed by atoms with van der Waals surface area (Å²) in [7, 11) is 2.05. The molecule has 9 nitrogen and oxygen atoms in total. The third-order valence-corrected chi connectivity index (χ3v) is 5.16. The molecule has 3 aromatic rings. The van der Waals surface area contributed by atoms with Crippen LogP contribution in [-0.4, -0.2) is 48.4 Å². The average Bonchev–Trinajstić information content (AvgIpc) is 3.39. The zero-order valence-electron chi connectivity index (χ0n) is 16.0. The van der Waals surface area contributed by atoms with Gasteiger partial charge in [-0.3, -0.25) is 9.58 Å². The van der Waals surface area contributed by atoms with Crippen LogP contribution in [-0.2, 0) is 26.2 Å². The Morgan fingerprint density at radius 2 is 2.04 bits per heavy atom. The lowest BCUT2D eigenvalue weighted by atomic mass is 10.3. The molecule has 0 aromatic carbocycles. The molecule has 28 heavy (non-hydrogen) atoms. The highest BCUT2D eigenvalue weighted by molar-refractivity contribution is 5.31. The summed E-state index contributed by atoms with van der Waals surface area (Å²) in [5, 5.41) is 8.89. The number of rotatable bonds is 6. The topological polar surface area (TPSA) is 89.0 Å². The van der Waals surface area contributed by atoms with Gasteiger partial charge in [0.05, 0.1) is 24.5 Å². The zero-order valence-corrected chi connectivity index (χ0v) is 16.0. The minimum absolute atomic E-state index is 0.517. The van der Waals surface area contributed by atoms with E-state index in [1.165, 1.54) is 18.5 Å². The molecule has 3 aromatic heterocycles. The van der Waals surface area contributed by atoms with Crippen molar-refractivity contribution in [2.75, 3.05) is 18.5 Å². The van der Waals surface area contributed by atoms with E-state index in [1.807, 2.05) is 6.07 Å². The van der Waals surface area contributed by atoms with Crippen LogP contribution in [0.4, 0.5) is 5.95 Å². The molecule has 0 saturated heterocycles. The minimum atomic E-state index is 0.517.